The van der Waals surface area contributed by atoms with Crippen LogP contribution in [0.2, 0.25) is 0 Å². The Morgan fingerprint density at radius 1 is 1.03 bits per heavy atom. The van der Waals surface area contributed by atoms with Crippen LogP contribution in [-0.4, -0.2) is 48.3 Å². The smallest absolute Gasteiger partial charge is 0.431 e. The molecule has 2 unspecified atom stereocenters. The molecule has 7 nitrogen and oxygen atoms in total. The molecule has 4 aliphatic carbocycles. The van der Waals surface area contributed by atoms with E-state index in [1.54, 1.807) is 20.8 Å². The second-order valence-corrected chi connectivity index (χ2v) is 12.1. The summed E-state index contributed by atoms with van der Waals surface area (Å²) in [6, 6.07) is 0. The quantitative estimate of drug-likeness (QED) is 0.328. The van der Waals surface area contributed by atoms with Crippen LogP contribution in [-0.2, 0) is 29.2 Å². The summed E-state index contributed by atoms with van der Waals surface area (Å²) in [7, 11) is -6.35. The molecular weight excluding hydrogens is 460 g/mol. The maximum Gasteiger partial charge on any atom is 0.431 e. The van der Waals surface area contributed by atoms with Crippen LogP contribution in [0.15, 0.2) is 0 Å². The van der Waals surface area contributed by atoms with Gasteiger partial charge in [-0.25, -0.2) is 0 Å². The van der Waals surface area contributed by atoms with Crippen LogP contribution in [0.5, 0.6) is 0 Å². The van der Waals surface area contributed by atoms with E-state index in [1.165, 1.54) is 0 Å². The average Bonchev–Trinajstić information content (AvgIpc) is 2.57. The fourth-order valence-electron chi connectivity index (χ4n) is 5.65. The first-order chi connectivity index (χ1) is 14.3. The molecule has 4 fully saturated rings. The second-order valence-electron chi connectivity index (χ2n) is 10.6. The number of ether oxygens (including phenoxy) is 2. The van der Waals surface area contributed by atoms with E-state index in [-0.39, 0.29) is 18.3 Å². The lowest BCUT2D eigenvalue weighted by atomic mass is 9.48. The third-order valence-electron chi connectivity index (χ3n) is 6.76. The number of esters is 2. The summed E-state index contributed by atoms with van der Waals surface area (Å²) in [5, 5.41) is -5.71. The number of carbonyl (C=O) groups is 2. The highest BCUT2D eigenvalue weighted by Crippen LogP contribution is 2.63. The SMILES string of the molecule is CC(C)(C)C(=O)OC12CC3CC(C1)CC(C(=O)OCCC(F)(F)C(F)(F)S(=O)(=O)O)(C3)C2. The van der Waals surface area contributed by atoms with Gasteiger partial charge in [-0.05, 0) is 64.7 Å². The summed E-state index contributed by atoms with van der Waals surface area (Å²) in [4.78, 5) is 25.4. The molecule has 2 atom stereocenters. The summed E-state index contributed by atoms with van der Waals surface area (Å²) in [5.41, 5.74) is -2.67. The normalized spacial score (nSPS) is 32.6. The van der Waals surface area contributed by atoms with Crippen molar-refractivity contribution in [3.8, 4) is 0 Å². The van der Waals surface area contributed by atoms with Gasteiger partial charge in [0.15, 0.2) is 0 Å². The Hall–Kier alpha value is -1.43. The van der Waals surface area contributed by atoms with E-state index in [1.807, 2.05) is 0 Å². The van der Waals surface area contributed by atoms with Gasteiger partial charge in [-0.1, -0.05) is 0 Å². The maximum absolute atomic E-state index is 13.7. The minimum Gasteiger partial charge on any atom is -0.465 e. The number of alkyl halides is 4. The highest BCUT2D eigenvalue weighted by Gasteiger charge is 2.66. The number of rotatable bonds is 7. The minimum atomic E-state index is -6.35. The van der Waals surface area contributed by atoms with Crippen LogP contribution in [0.3, 0.4) is 0 Å². The second kappa shape index (κ2) is 7.54. The molecule has 0 saturated heterocycles. The first kappa shape index (κ1) is 25.2. The van der Waals surface area contributed by atoms with Crippen LogP contribution in [0.25, 0.3) is 0 Å². The average molecular weight is 488 g/mol. The summed E-state index contributed by atoms with van der Waals surface area (Å²) in [5.74, 6) is -6.21. The van der Waals surface area contributed by atoms with Gasteiger partial charge in [0.1, 0.15) is 5.60 Å². The van der Waals surface area contributed by atoms with Crippen LogP contribution >= 0.6 is 0 Å². The van der Waals surface area contributed by atoms with Crippen molar-refractivity contribution in [2.45, 2.75) is 82.5 Å². The predicted molar refractivity (Wildman–Crippen MR) is 102 cm³/mol. The van der Waals surface area contributed by atoms with Gasteiger partial charge in [0, 0.05) is 6.42 Å². The summed E-state index contributed by atoms with van der Waals surface area (Å²) >= 11 is 0. The van der Waals surface area contributed by atoms with Crippen molar-refractivity contribution >= 4 is 22.1 Å². The number of hydrogen-bond acceptors (Lipinski definition) is 6. The molecule has 184 valence electrons. The molecule has 4 bridgehead atoms. The lowest BCUT2D eigenvalue weighted by Crippen LogP contribution is -2.60. The number of carbonyl (C=O) groups excluding carboxylic acids is 2. The molecule has 0 amide bonds. The Labute approximate surface area is 183 Å². The van der Waals surface area contributed by atoms with E-state index in [0.717, 1.165) is 6.42 Å². The first-order valence-electron chi connectivity index (χ1n) is 10.5. The Bertz CT molecular complexity index is 880. The highest BCUT2D eigenvalue weighted by atomic mass is 32.2. The Balaban J connectivity index is 1.70. The molecule has 0 aromatic carbocycles. The molecule has 12 heteroatoms. The van der Waals surface area contributed by atoms with Gasteiger partial charge in [-0.15, -0.1) is 0 Å². The molecule has 0 spiro atoms. The largest absolute Gasteiger partial charge is 0.465 e. The molecule has 4 saturated carbocycles. The van der Waals surface area contributed by atoms with Gasteiger partial charge in [0.25, 0.3) is 0 Å². The molecule has 0 radical (unpaired) electrons. The van der Waals surface area contributed by atoms with E-state index in [2.05, 4.69) is 0 Å². The lowest BCUT2D eigenvalue weighted by molar-refractivity contribution is -0.219. The van der Waals surface area contributed by atoms with Gasteiger partial charge in [0.2, 0.25) is 0 Å². The fourth-order valence-corrected chi connectivity index (χ4v) is 6.13. The zero-order valence-corrected chi connectivity index (χ0v) is 18.9. The number of halogens is 4. The molecule has 0 aromatic rings. The standard InChI is InChI=1S/C20H28F4O7S/c1-16(2,3)14(25)31-18-9-12-6-13(10-18)8-17(7-12,11-18)15(26)30-5-4-19(21,22)20(23,24)32(27,28)29/h12-13H,4-11H2,1-3H3,(H,27,28,29). The van der Waals surface area contributed by atoms with Crippen LogP contribution in [0.4, 0.5) is 17.6 Å². The summed E-state index contributed by atoms with van der Waals surface area (Å²) in [6.45, 7) is 3.98. The van der Waals surface area contributed by atoms with Crippen molar-refractivity contribution in [1.29, 1.82) is 0 Å². The molecule has 1 N–H and O–H groups in total. The first-order valence-corrected chi connectivity index (χ1v) is 11.9. The maximum atomic E-state index is 13.7. The van der Waals surface area contributed by atoms with E-state index in [4.69, 9.17) is 14.0 Å². The van der Waals surface area contributed by atoms with E-state index in [9.17, 15) is 35.6 Å². The molecule has 32 heavy (non-hydrogen) atoms. The molecule has 4 aliphatic rings. The van der Waals surface area contributed by atoms with Gasteiger partial charge < -0.3 is 9.47 Å². The minimum absolute atomic E-state index is 0.0851. The highest BCUT2D eigenvalue weighted by molar-refractivity contribution is 7.87. The van der Waals surface area contributed by atoms with E-state index in [0.29, 0.717) is 25.7 Å². The van der Waals surface area contributed by atoms with Crippen molar-refractivity contribution in [3.05, 3.63) is 0 Å². The van der Waals surface area contributed by atoms with E-state index < -0.39 is 62.7 Å². The monoisotopic (exact) mass is 488 g/mol. The van der Waals surface area contributed by atoms with Crippen LogP contribution < -0.4 is 0 Å². The van der Waals surface area contributed by atoms with Gasteiger partial charge in [-0.2, -0.15) is 26.0 Å². The topological polar surface area (TPSA) is 107 Å². The van der Waals surface area contributed by atoms with Crippen molar-refractivity contribution in [2.24, 2.45) is 22.7 Å². The van der Waals surface area contributed by atoms with Crippen molar-refractivity contribution in [2.75, 3.05) is 6.61 Å². The van der Waals surface area contributed by atoms with Crippen molar-refractivity contribution in [3.63, 3.8) is 0 Å². The van der Waals surface area contributed by atoms with Crippen LogP contribution in [0.1, 0.15) is 65.7 Å². The van der Waals surface area contributed by atoms with Crippen molar-refractivity contribution in [1.82, 2.24) is 0 Å². The molecule has 0 heterocycles. The molecule has 4 rings (SSSR count). The summed E-state index contributed by atoms with van der Waals surface area (Å²) in [6.07, 6.45) is 1.29. The predicted octanol–water partition coefficient (Wildman–Crippen LogP) is 3.96. The lowest BCUT2D eigenvalue weighted by Gasteiger charge is -2.60. The van der Waals surface area contributed by atoms with Crippen LogP contribution in [0, 0.1) is 22.7 Å². The third-order valence-corrected chi connectivity index (χ3v) is 7.71. The zero-order chi connectivity index (χ0) is 24.4. The van der Waals surface area contributed by atoms with Gasteiger partial charge >= 0.3 is 33.2 Å². The third kappa shape index (κ3) is 4.36. The molecule has 0 aromatic heterocycles. The fraction of sp³-hybridized carbons (Fsp3) is 0.900. The Morgan fingerprint density at radius 2 is 1.56 bits per heavy atom. The number of hydrogen-bond donors (Lipinski definition) is 1. The van der Waals surface area contributed by atoms with E-state index >= 15 is 0 Å². The Kier molecular flexibility index (Phi) is 5.94. The molecule has 0 aliphatic heterocycles. The summed E-state index contributed by atoms with van der Waals surface area (Å²) < 4.78 is 94.4. The van der Waals surface area contributed by atoms with Gasteiger partial charge in [-0.3, -0.25) is 14.1 Å². The Morgan fingerprint density at radius 3 is 2.03 bits per heavy atom. The van der Waals surface area contributed by atoms with Crippen molar-refractivity contribution < 1.29 is 49.6 Å². The molecular formula is C20H28F4O7S. The zero-order valence-electron chi connectivity index (χ0n) is 18.1. The van der Waals surface area contributed by atoms with Gasteiger partial charge in [0.05, 0.1) is 23.9 Å².